The van der Waals surface area contributed by atoms with Crippen LogP contribution in [0.3, 0.4) is 0 Å². The molecule has 4 rings (SSSR count). The van der Waals surface area contributed by atoms with Crippen LogP contribution in [-0.4, -0.2) is 49.3 Å². The minimum absolute atomic E-state index is 0.0529. The van der Waals surface area contributed by atoms with Crippen molar-refractivity contribution in [2.45, 2.75) is 62.2 Å². The second-order valence-corrected chi connectivity index (χ2v) is 8.74. The maximum Gasteiger partial charge on any atom is 0.269 e. The molecule has 2 aromatic rings. The fraction of sp³-hybridized carbons (Fsp3) is 0.550. The SMILES string of the molecule is CN(C(=O)CSc1nnc(-c2ccc([N+](=O)[O-])cc2)n1C1CC1)C1CCCCC1. The van der Waals surface area contributed by atoms with Gasteiger partial charge in [-0.05, 0) is 37.8 Å². The molecule has 8 nitrogen and oxygen atoms in total. The number of aromatic nitrogens is 3. The third-order valence-electron chi connectivity index (χ3n) is 5.75. The number of thioether (sulfide) groups is 1. The number of carbonyl (C=O) groups is 1. The Bertz CT molecular complexity index is 888. The molecule has 154 valence electrons. The summed E-state index contributed by atoms with van der Waals surface area (Å²) in [6.07, 6.45) is 7.96. The van der Waals surface area contributed by atoms with Crippen LogP contribution in [0, 0.1) is 10.1 Å². The zero-order valence-electron chi connectivity index (χ0n) is 16.5. The zero-order valence-corrected chi connectivity index (χ0v) is 17.3. The Morgan fingerprint density at radius 1 is 1.17 bits per heavy atom. The maximum atomic E-state index is 12.7. The third kappa shape index (κ3) is 4.44. The smallest absolute Gasteiger partial charge is 0.269 e. The molecular weight excluding hydrogens is 390 g/mol. The first-order chi connectivity index (χ1) is 14.0. The van der Waals surface area contributed by atoms with E-state index >= 15 is 0 Å². The van der Waals surface area contributed by atoms with Crippen molar-refractivity contribution in [3.8, 4) is 11.4 Å². The first-order valence-electron chi connectivity index (χ1n) is 10.1. The fourth-order valence-electron chi connectivity index (χ4n) is 3.87. The van der Waals surface area contributed by atoms with Gasteiger partial charge in [0.25, 0.3) is 5.69 Å². The van der Waals surface area contributed by atoms with Gasteiger partial charge in [-0.2, -0.15) is 0 Å². The van der Waals surface area contributed by atoms with Gasteiger partial charge in [0, 0.05) is 36.8 Å². The molecule has 2 aliphatic carbocycles. The van der Waals surface area contributed by atoms with Gasteiger partial charge in [0.05, 0.1) is 10.7 Å². The Labute approximate surface area is 173 Å². The van der Waals surface area contributed by atoms with Gasteiger partial charge in [0.2, 0.25) is 5.91 Å². The van der Waals surface area contributed by atoms with E-state index < -0.39 is 4.92 Å². The van der Waals surface area contributed by atoms with Gasteiger partial charge in [0.15, 0.2) is 11.0 Å². The number of nitro benzene ring substituents is 1. The van der Waals surface area contributed by atoms with E-state index in [1.807, 2.05) is 11.9 Å². The molecular formula is C20H25N5O3S. The summed E-state index contributed by atoms with van der Waals surface area (Å²) in [7, 11) is 1.91. The average Bonchev–Trinajstić information content (AvgIpc) is 3.51. The van der Waals surface area contributed by atoms with Crippen LogP contribution in [0.2, 0.25) is 0 Å². The number of amides is 1. The zero-order chi connectivity index (χ0) is 20.4. The molecule has 9 heteroatoms. The van der Waals surface area contributed by atoms with Crippen molar-refractivity contribution >= 4 is 23.4 Å². The van der Waals surface area contributed by atoms with Gasteiger partial charge in [-0.3, -0.25) is 19.5 Å². The molecule has 1 aromatic heterocycles. The van der Waals surface area contributed by atoms with Crippen molar-refractivity contribution in [3.63, 3.8) is 0 Å². The molecule has 0 spiro atoms. The van der Waals surface area contributed by atoms with Gasteiger partial charge in [-0.15, -0.1) is 10.2 Å². The number of hydrogen-bond donors (Lipinski definition) is 0. The van der Waals surface area contributed by atoms with Crippen LogP contribution in [0.25, 0.3) is 11.4 Å². The molecule has 0 saturated heterocycles. The predicted molar refractivity (Wildman–Crippen MR) is 111 cm³/mol. The van der Waals surface area contributed by atoms with Gasteiger partial charge >= 0.3 is 0 Å². The number of rotatable bonds is 7. The molecule has 1 amide bonds. The average molecular weight is 416 g/mol. The second kappa shape index (κ2) is 8.52. The van der Waals surface area contributed by atoms with E-state index in [1.54, 1.807) is 12.1 Å². The van der Waals surface area contributed by atoms with E-state index in [0.29, 0.717) is 23.7 Å². The highest BCUT2D eigenvalue weighted by Crippen LogP contribution is 2.41. The van der Waals surface area contributed by atoms with Crippen LogP contribution >= 0.6 is 11.8 Å². The van der Waals surface area contributed by atoms with Crippen LogP contribution in [-0.2, 0) is 4.79 Å². The lowest BCUT2D eigenvalue weighted by atomic mass is 9.94. The highest BCUT2D eigenvalue weighted by atomic mass is 32.2. The van der Waals surface area contributed by atoms with E-state index in [2.05, 4.69) is 14.8 Å². The molecule has 2 saturated carbocycles. The number of benzene rings is 1. The minimum atomic E-state index is -0.412. The highest BCUT2D eigenvalue weighted by molar-refractivity contribution is 7.99. The lowest BCUT2D eigenvalue weighted by Crippen LogP contribution is -2.39. The van der Waals surface area contributed by atoms with Crippen molar-refractivity contribution in [1.29, 1.82) is 0 Å². The van der Waals surface area contributed by atoms with Crippen LogP contribution in [0.5, 0.6) is 0 Å². The Morgan fingerprint density at radius 2 is 1.86 bits per heavy atom. The standard InChI is InChI=1S/C20H25N5O3S/c1-23(15-5-3-2-4-6-15)18(26)13-29-20-22-21-19(24(20)16-11-12-16)14-7-9-17(10-8-14)25(27)28/h7-10,15-16H,2-6,11-13H2,1H3. The predicted octanol–water partition coefficient (Wildman–Crippen LogP) is 4.07. The van der Waals surface area contributed by atoms with Crippen molar-refractivity contribution in [1.82, 2.24) is 19.7 Å². The topological polar surface area (TPSA) is 94.2 Å². The van der Waals surface area contributed by atoms with Gasteiger partial charge in [0.1, 0.15) is 0 Å². The van der Waals surface area contributed by atoms with Crippen LogP contribution in [0.1, 0.15) is 51.0 Å². The first kappa shape index (κ1) is 19.9. The molecule has 0 bridgehead atoms. The molecule has 0 atom stereocenters. The first-order valence-corrected chi connectivity index (χ1v) is 11.1. The summed E-state index contributed by atoms with van der Waals surface area (Å²) in [4.78, 5) is 25.1. The van der Waals surface area contributed by atoms with Gasteiger partial charge in [-0.25, -0.2) is 0 Å². The van der Waals surface area contributed by atoms with Crippen molar-refractivity contribution in [3.05, 3.63) is 34.4 Å². The van der Waals surface area contributed by atoms with Gasteiger partial charge in [-0.1, -0.05) is 31.0 Å². The van der Waals surface area contributed by atoms with E-state index in [1.165, 1.54) is 43.2 Å². The Hall–Kier alpha value is -2.42. The number of hydrogen-bond acceptors (Lipinski definition) is 6. The lowest BCUT2D eigenvalue weighted by molar-refractivity contribution is -0.384. The van der Waals surface area contributed by atoms with E-state index in [-0.39, 0.29) is 11.6 Å². The third-order valence-corrected chi connectivity index (χ3v) is 6.68. The molecule has 0 N–H and O–H groups in total. The molecule has 0 aliphatic heterocycles. The number of nitro groups is 1. The summed E-state index contributed by atoms with van der Waals surface area (Å²) < 4.78 is 2.08. The summed E-state index contributed by atoms with van der Waals surface area (Å²) in [5, 5.41) is 20.3. The molecule has 2 aliphatic rings. The summed E-state index contributed by atoms with van der Waals surface area (Å²) in [5.74, 6) is 1.18. The van der Waals surface area contributed by atoms with Crippen LogP contribution in [0.15, 0.2) is 29.4 Å². The number of carbonyl (C=O) groups excluding carboxylic acids is 1. The molecule has 1 heterocycles. The summed E-state index contributed by atoms with van der Waals surface area (Å²) in [6.45, 7) is 0. The lowest BCUT2D eigenvalue weighted by Gasteiger charge is -2.31. The quantitative estimate of drug-likeness (QED) is 0.384. The molecule has 1 aromatic carbocycles. The second-order valence-electron chi connectivity index (χ2n) is 7.80. The van der Waals surface area contributed by atoms with Crippen molar-refractivity contribution in [2.75, 3.05) is 12.8 Å². The minimum Gasteiger partial charge on any atom is -0.342 e. The largest absolute Gasteiger partial charge is 0.342 e. The molecule has 2 fully saturated rings. The highest BCUT2D eigenvalue weighted by Gasteiger charge is 2.31. The molecule has 0 unspecified atom stereocenters. The van der Waals surface area contributed by atoms with Gasteiger partial charge < -0.3 is 4.90 Å². The van der Waals surface area contributed by atoms with Crippen molar-refractivity contribution < 1.29 is 9.72 Å². The normalized spacial score (nSPS) is 17.3. The Morgan fingerprint density at radius 3 is 2.48 bits per heavy atom. The van der Waals surface area contributed by atoms with Crippen LogP contribution < -0.4 is 0 Å². The van der Waals surface area contributed by atoms with Crippen LogP contribution in [0.4, 0.5) is 5.69 Å². The van der Waals surface area contributed by atoms with E-state index in [9.17, 15) is 14.9 Å². The van der Waals surface area contributed by atoms with E-state index in [0.717, 1.165) is 36.4 Å². The maximum absolute atomic E-state index is 12.7. The summed E-state index contributed by atoms with van der Waals surface area (Å²) in [5.41, 5.74) is 0.852. The molecule has 29 heavy (non-hydrogen) atoms. The fourth-order valence-corrected chi connectivity index (χ4v) is 4.80. The monoisotopic (exact) mass is 415 g/mol. The van der Waals surface area contributed by atoms with Crippen molar-refractivity contribution in [2.24, 2.45) is 0 Å². The Balaban J connectivity index is 1.47. The summed E-state index contributed by atoms with van der Waals surface area (Å²) in [6, 6.07) is 7.07. The summed E-state index contributed by atoms with van der Waals surface area (Å²) >= 11 is 1.43. The number of nitrogens with zero attached hydrogens (tertiary/aromatic N) is 5. The molecule has 0 radical (unpaired) electrons. The Kier molecular flexibility index (Phi) is 5.84. The number of non-ortho nitro benzene ring substituents is 1. The van der Waals surface area contributed by atoms with E-state index in [4.69, 9.17) is 0 Å².